The molecule has 11 rings (SSSR count). The minimum absolute atomic E-state index is 0.463. The van der Waals surface area contributed by atoms with Crippen LogP contribution in [0.25, 0.3) is 88.5 Å². The van der Waals surface area contributed by atoms with Crippen molar-refractivity contribution in [2.75, 3.05) is 4.90 Å². The number of pyridine rings is 1. The number of nitrogens with zero attached hydrogens (tertiary/aromatic N) is 7. The van der Waals surface area contributed by atoms with Crippen LogP contribution in [0.2, 0.25) is 0 Å². The third-order valence-electron chi connectivity index (χ3n) is 10.6. The zero-order chi connectivity index (χ0) is 38.6. The molecule has 0 saturated heterocycles. The van der Waals surface area contributed by atoms with Crippen molar-refractivity contribution in [2.24, 2.45) is 0 Å². The van der Waals surface area contributed by atoms with Gasteiger partial charge >= 0.3 is 0 Å². The molecule has 58 heavy (non-hydrogen) atoms. The fourth-order valence-corrected chi connectivity index (χ4v) is 7.75. The molecule has 0 unspecified atom stereocenters. The van der Waals surface area contributed by atoms with Crippen LogP contribution in [0.15, 0.2) is 181 Å². The quantitative estimate of drug-likeness (QED) is 0.166. The van der Waals surface area contributed by atoms with E-state index in [1.54, 1.807) is 6.20 Å². The first kappa shape index (κ1) is 33.1. The summed E-state index contributed by atoms with van der Waals surface area (Å²) < 4.78 is 6.32. The van der Waals surface area contributed by atoms with E-state index in [2.05, 4.69) is 111 Å². The molecule has 0 bridgehead atoms. The molecule has 8 heteroatoms. The molecule has 0 saturated carbocycles. The van der Waals surface area contributed by atoms with Gasteiger partial charge in [0.1, 0.15) is 17.2 Å². The van der Waals surface area contributed by atoms with E-state index < -0.39 is 0 Å². The number of furan rings is 1. The van der Waals surface area contributed by atoms with Crippen LogP contribution in [0.1, 0.15) is 5.56 Å². The molecule has 270 valence electrons. The van der Waals surface area contributed by atoms with Crippen LogP contribution in [0, 0.1) is 11.3 Å². The minimum atomic E-state index is 0.463. The van der Waals surface area contributed by atoms with Crippen LogP contribution < -0.4 is 4.90 Å². The molecule has 8 nitrogen and oxygen atoms in total. The Morgan fingerprint density at radius 2 is 1.02 bits per heavy atom. The highest BCUT2D eigenvalue weighted by Gasteiger charge is 2.19. The van der Waals surface area contributed by atoms with Crippen LogP contribution >= 0.6 is 0 Å². The van der Waals surface area contributed by atoms with Gasteiger partial charge in [-0.05, 0) is 95.2 Å². The SMILES string of the molecule is N#Cc1cnc2c(oc3ccccc32)c1-c1ccc2cc(N(c3ccc(-c4cnc5ccccc5n4)cc3)c3ccc(-c4cnc5ccccc5n4)cc3)ccc2c1. The number of hydrogen-bond donors (Lipinski definition) is 0. The first-order valence-corrected chi connectivity index (χ1v) is 18.9. The zero-order valence-electron chi connectivity index (χ0n) is 30.8. The molecule has 0 amide bonds. The second kappa shape index (κ2) is 13.5. The minimum Gasteiger partial charge on any atom is -0.454 e. The molecule has 0 atom stereocenters. The number of rotatable bonds is 6. The van der Waals surface area contributed by atoms with E-state index in [0.717, 1.165) is 100 Å². The normalized spacial score (nSPS) is 11.4. The zero-order valence-corrected chi connectivity index (χ0v) is 30.8. The maximum Gasteiger partial charge on any atom is 0.163 e. The third-order valence-corrected chi connectivity index (χ3v) is 10.6. The fourth-order valence-electron chi connectivity index (χ4n) is 7.75. The highest BCUT2D eigenvalue weighted by atomic mass is 16.3. The van der Waals surface area contributed by atoms with Crippen LogP contribution in [-0.2, 0) is 0 Å². The number of anilines is 3. The second-order valence-corrected chi connectivity index (χ2v) is 14.1. The molecule has 0 aliphatic rings. The first-order chi connectivity index (χ1) is 28.7. The molecule has 7 aromatic carbocycles. The van der Waals surface area contributed by atoms with Gasteiger partial charge in [0.25, 0.3) is 0 Å². The summed E-state index contributed by atoms with van der Waals surface area (Å²) in [5.41, 5.74) is 14.2. The molecular formula is C50H29N7O. The van der Waals surface area contributed by atoms with Gasteiger partial charge in [-0.3, -0.25) is 15.0 Å². The van der Waals surface area contributed by atoms with Crippen molar-refractivity contribution in [2.45, 2.75) is 0 Å². The Kier molecular flexibility index (Phi) is 7.69. The van der Waals surface area contributed by atoms with Crippen molar-refractivity contribution in [3.63, 3.8) is 0 Å². The molecule has 0 aliphatic carbocycles. The van der Waals surface area contributed by atoms with Gasteiger partial charge in [-0.2, -0.15) is 5.26 Å². The lowest BCUT2D eigenvalue weighted by atomic mass is 9.97. The number of para-hydroxylation sites is 5. The molecule has 11 aromatic rings. The average Bonchev–Trinajstić information content (AvgIpc) is 3.67. The maximum absolute atomic E-state index is 10.1. The van der Waals surface area contributed by atoms with Gasteiger partial charge in [0.05, 0.1) is 51.4 Å². The topological polar surface area (TPSA) is 105 Å². The smallest absolute Gasteiger partial charge is 0.163 e. The van der Waals surface area contributed by atoms with Gasteiger partial charge in [0, 0.05) is 45.3 Å². The molecule has 0 fully saturated rings. The standard InChI is InChI=1S/C50H29N7O/c51-27-36-28-54-49-40-7-1-6-12-47(40)58-50(49)48(36)35-14-13-34-26-39(24-19-33(34)25-35)57(37-20-15-31(16-21-37)45-29-52-41-8-2-4-10-43(41)55-45)38-22-17-32(18-23-38)46-30-53-42-9-3-5-11-44(42)56-46/h1-26,28-30H. The van der Waals surface area contributed by atoms with Crippen LogP contribution in [0.4, 0.5) is 17.1 Å². The second-order valence-electron chi connectivity index (χ2n) is 14.1. The summed E-state index contributed by atoms with van der Waals surface area (Å²) in [5, 5.41) is 13.1. The Morgan fingerprint density at radius 3 is 1.66 bits per heavy atom. The molecule has 0 radical (unpaired) electrons. The summed E-state index contributed by atoms with van der Waals surface area (Å²) in [5.74, 6) is 0. The summed E-state index contributed by atoms with van der Waals surface area (Å²) in [6.07, 6.45) is 5.29. The van der Waals surface area contributed by atoms with E-state index in [-0.39, 0.29) is 0 Å². The number of aromatic nitrogens is 5. The lowest BCUT2D eigenvalue weighted by Crippen LogP contribution is -2.10. The number of fused-ring (bicyclic) bond motifs is 6. The Morgan fingerprint density at radius 1 is 0.483 bits per heavy atom. The molecule has 4 aromatic heterocycles. The summed E-state index contributed by atoms with van der Waals surface area (Å²) in [6.45, 7) is 0. The van der Waals surface area contributed by atoms with Crippen molar-refractivity contribution < 1.29 is 4.42 Å². The Labute approximate surface area is 332 Å². The van der Waals surface area contributed by atoms with Crippen LogP contribution in [0.5, 0.6) is 0 Å². The lowest BCUT2D eigenvalue weighted by Gasteiger charge is -2.26. The Hall–Kier alpha value is -8.28. The Balaban J connectivity index is 1.00. The average molecular weight is 744 g/mol. The highest BCUT2D eigenvalue weighted by Crippen LogP contribution is 2.41. The molecule has 0 aliphatic heterocycles. The van der Waals surface area contributed by atoms with Gasteiger partial charge in [0.2, 0.25) is 0 Å². The van der Waals surface area contributed by atoms with E-state index in [9.17, 15) is 5.26 Å². The van der Waals surface area contributed by atoms with E-state index in [1.165, 1.54) is 0 Å². The molecule has 0 N–H and O–H groups in total. The lowest BCUT2D eigenvalue weighted by molar-refractivity contribution is 0.669. The van der Waals surface area contributed by atoms with E-state index in [1.807, 2.05) is 85.2 Å². The summed E-state index contributed by atoms with van der Waals surface area (Å²) >= 11 is 0. The number of nitriles is 1. The first-order valence-electron chi connectivity index (χ1n) is 18.9. The van der Waals surface area contributed by atoms with Crippen molar-refractivity contribution in [3.8, 4) is 39.7 Å². The van der Waals surface area contributed by atoms with Crippen molar-refractivity contribution in [1.82, 2.24) is 24.9 Å². The van der Waals surface area contributed by atoms with Crippen LogP contribution in [-0.4, -0.2) is 24.9 Å². The summed E-state index contributed by atoms with van der Waals surface area (Å²) in [7, 11) is 0. The van der Waals surface area contributed by atoms with Gasteiger partial charge < -0.3 is 9.32 Å². The predicted molar refractivity (Wildman–Crippen MR) is 231 cm³/mol. The Bertz CT molecular complexity index is 3300. The van der Waals surface area contributed by atoms with E-state index >= 15 is 0 Å². The highest BCUT2D eigenvalue weighted by molar-refractivity contribution is 6.09. The van der Waals surface area contributed by atoms with Gasteiger partial charge in [0.15, 0.2) is 5.58 Å². The van der Waals surface area contributed by atoms with Crippen LogP contribution in [0.3, 0.4) is 0 Å². The largest absolute Gasteiger partial charge is 0.454 e. The summed E-state index contributed by atoms with van der Waals surface area (Å²) in [6, 6.07) is 55.5. The fraction of sp³-hybridized carbons (Fsp3) is 0. The monoisotopic (exact) mass is 743 g/mol. The van der Waals surface area contributed by atoms with Gasteiger partial charge in [-0.1, -0.05) is 78.9 Å². The van der Waals surface area contributed by atoms with E-state index in [0.29, 0.717) is 11.1 Å². The van der Waals surface area contributed by atoms with Crippen molar-refractivity contribution >= 4 is 72.0 Å². The van der Waals surface area contributed by atoms with Crippen molar-refractivity contribution in [3.05, 3.63) is 182 Å². The van der Waals surface area contributed by atoms with E-state index in [4.69, 9.17) is 14.4 Å². The summed E-state index contributed by atoms with van der Waals surface area (Å²) in [4.78, 5) is 25.9. The van der Waals surface area contributed by atoms with Crippen molar-refractivity contribution in [1.29, 1.82) is 5.26 Å². The van der Waals surface area contributed by atoms with Gasteiger partial charge in [-0.15, -0.1) is 0 Å². The molecule has 0 spiro atoms. The number of benzene rings is 7. The molecular weight excluding hydrogens is 715 g/mol. The maximum atomic E-state index is 10.1. The van der Waals surface area contributed by atoms with Gasteiger partial charge in [-0.25, -0.2) is 9.97 Å². The number of hydrogen-bond acceptors (Lipinski definition) is 8. The predicted octanol–water partition coefficient (Wildman–Crippen LogP) is 12.4. The third kappa shape index (κ3) is 5.65. The molecule has 4 heterocycles.